The van der Waals surface area contributed by atoms with Crippen LogP contribution in [0.4, 0.5) is 24.5 Å². The molecule has 0 saturated carbocycles. The Morgan fingerprint density at radius 3 is 2.45 bits per heavy atom. The van der Waals surface area contributed by atoms with Crippen LogP contribution in [0.25, 0.3) is 12.2 Å². The molecule has 0 aliphatic carbocycles. The summed E-state index contributed by atoms with van der Waals surface area (Å²) in [7, 11) is 0. The summed E-state index contributed by atoms with van der Waals surface area (Å²) in [5.74, 6) is -0.346. The van der Waals surface area contributed by atoms with Gasteiger partial charge in [-0.15, -0.1) is 0 Å². The van der Waals surface area contributed by atoms with E-state index in [-0.39, 0.29) is 28.6 Å². The maximum atomic E-state index is 12.8. The number of hydrogen-bond acceptors (Lipinski definition) is 7. The maximum Gasteiger partial charge on any atom is 0.416 e. The first-order valence-corrected chi connectivity index (χ1v) is 8.48. The number of alkyl halides is 3. The van der Waals surface area contributed by atoms with E-state index in [1.807, 2.05) is 0 Å². The number of nitrogens with zero attached hydrogens (tertiary/aromatic N) is 3. The highest BCUT2D eigenvalue weighted by atomic mass is 19.4. The van der Waals surface area contributed by atoms with Gasteiger partial charge in [-0.05, 0) is 42.8 Å². The van der Waals surface area contributed by atoms with Gasteiger partial charge in [0, 0.05) is 6.07 Å². The van der Waals surface area contributed by atoms with E-state index in [0.717, 1.165) is 6.07 Å². The first-order chi connectivity index (χ1) is 14.6. The Hall–Kier alpha value is -4.22. The summed E-state index contributed by atoms with van der Waals surface area (Å²) in [6, 6.07) is 7.96. The van der Waals surface area contributed by atoms with E-state index >= 15 is 0 Å². The van der Waals surface area contributed by atoms with Crippen LogP contribution in [0.15, 0.2) is 47.0 Å². The fourth-order valence-electron chi connectivity index (χ4n) is 2.62. The van der Waals surface area contributed by atoms with Crippen LogP contribution < -0.4 is 4.74 Å². The molecule has 0 spiro atoms. The molecule has 3 aromatic rings. The molecule has 160 valence electrons. The minimum Gasteiger partial charge on any atom is -0.450 e. The summed E-state index contributed by atoms with van der Waals surface area (Å²) >= 11 is 0. The molecular formula is C19H12F3N3O6. The third-order valence-electron chi connectivity index (χ3n) is 4.04. The van der Waals surface area contributed by atoms with Crippen molar-refractivity contribution in [1.29, 1.82) is 0 Å². The zero-order valence-corrected chi connectivity index (χ0v) is 15.6. The summed E-state index contributed by atoms with van der Waals surface area (Å²) < 4.78 is 48.8. The van der Waals surface area contributed by atoms with Gasteiger partial charge < -0.3 is 9.26 Å². The summed E-state index contributed by atoms with van der Waals surface area (Å²) in [5, 5.41) is 25.8. The molecule has 0 bridgehead atoms. The largest absolute Gasteiger partial charge is 0.450 e. The van der Waals surface area contributed by atoms with Gasteiger partial charge in [0.15, 0.2) is 5.69 Å². The van der Waals surface area contributed by atoms with Crippen LogP contribution in [0.5, 0.6) is 11.5 Å². The number of benzene rings is 2. The molecular weight excluding hydrogens is 423 g/mol. The Labute approximate surface area is 171 Å². The SMILES string of the molecule is Cc1noc(/C=C\c2cccc(Oc3ccc(C(F)(F)F)cc3[N+](=O)[O-])c2)c1[N+](=O)[O-]. The Kier molecular flexibility index (Phi) is 5.72. The standard InChI is InChI=1S/C19H12F3N3O6/c1-11-18(25(28)29)17(31-23-11)7-5-12-3-2-4-14(9-12)30-16-8-6-13(19(20,21)22)10-15(16)24(26)27/h2-10H,1H3/b7-5-. The number of nitro groups is 2. The van der Waals surface area contributed by atoms with Crippen molar-refractivity contribution in [3.8, 4) is 11.5 Å². The summed E-state index contributed by atoms with van der Waals surface area (Å²) in [4.78, 5) is 20.7. The van der Waals surface area contributed by atoms with Crippen LogP contribution in [0.2, 0.25) is 0 Å². The normalized spacial score (nSPS) is 11.6. The smallest absolute Gasteiger partial charge is 0.416 e. The van der Waals surface area contributed by atoms with Gasteiger partial charge in [0.25, 0.3) is 0 Å². The second kappa shape index (κ2) is 8.26. The van der Waals surface area contributed by atoms with E-state index < -0.39 is 27.3 Å². The van der Waals surface area contributed by atoms with Crippen molar-refractivity contribution in [3.63, 3.8) is 0 Å². The minimum absolute atomic E-state index is 0.0767. The average molecular weight is 435 g/mol. The third kappa shape index (κ3) is 4.86. The highest BCUT2D eigenvalue weighted by molar-refractivity contribution is 5.72. The van der Waals surface area contributed by atoms with Crippen molar-refractivity contribution in [2.75, 3.05) is 0 Å². The van der Waals surface area contributed by atoms with Gasteiger partial charge in [-0.2, -0.15) is 13.2 Å². The third-order valence-corrected chi connectivity index (χ3v) is 4.04. The van der Waals surface area contributed by atoms with Crippen LogP contribution in [0, 0.1) is 27.2 Å². The number of nitro benzene ring substituents is 1. The molecule has 0 atom stereocenters. The number of hydrogen-bond donors (Lipinski definition) is 0. The lowest BCUT2D eigenvalue weighted by atomic mass is 10.1. The lowest BCUT2D eigenvalue weighted by Crippen LogP contribution is -2.06. The predicted molar refractivity (Wildman–Crippen MR) is 101 cm³/mol. The van der Waals surface area contributed by atoms with E-state index in [9.17, 15) is 33.4 Å². The van der Waals surface area contributed by atoms with Crippen molar-refractivity contribution in [1.82, 2.24) is 5.16 Å². The van der Waals surface area contributed by atoms with Gasteiger partial charge in [-0.3, -0.25) is 20.2 Å². The lowest BCUT2D eigenvalue weighted by Gasteiger charge is -2.10. The Morgan fingerprint density at radius 2 is 1.81 bits per heavy atom. The van der Waals surface area contributed by atoms with Crippen molar-refractivity contribution in [2.24, 2.45) is 0 Å². The summed E-state index contributed by atoms with van der Waals surface area (Å²) in [6.45, 7) is 1.42. The second-order valence-electron chi connectivity index (χ2n) is 6.18. The van der Waals surface area contributed by atoms with E-state index in [0.29, 0.717) is 17.7 Å². The summed E-state index contributed by atoms with van der Waals surface area (Å²) in [5.41, 5.74) is -1.72. The molecule has 0 aliphatic heterocycles. The predicted octanol–water partition coefficient (Wildman–Crippen LogP) is 5.78. The molecule has 0 fully saturated rings. The highest BCUT2D eigenvalue weighted by Crippen LogP contribution is 2.38. The van der Waals surface area contributed by atoms with Gasteiger partial charge in [0.2, 0.25) is 11.5 Å². The molecule has 2 aromatic carbocycles. The molecule has 0 amide bonds. The van der Waals surface area contributed by atoms with E-state index in [2.05, 4.69) is 5.16 Å². The van der Waals surface area contributed by atoms with Crippen LogP contribution in [0.1, 0.15) is 22.6 Å². The fraction of sp³-hybridized carbons (Fsp3) is 0.105. The van der Waals surface area contributed by atoms with Crippen LogP contribution in [-0.4, -0.2) is 15.0 Å². The van der Waals surface area contributed by atoms with Gasteiger partial charge in [-0.25, -0.2) is 0 Å². The highest BCUT2D eigenvalue weighted by Gasteiger charge is 2.33. The molecule has 1 aromatic heterocycles. The van der Waals surface area contributed by atoms with E-state index in [1.54, 1.807) is 6.07 Å². The quantitative estimate of drug-likeness (QED) is 0.355. The zero-order chi connectivity index (χ0) is 22.8. The molecule has 1 heterocycles. The lowest BCUT2D eigenvalue weighted by molar-refractivity contribution is -0.386. The van der Waals surface area contributed by atoms with Crippen molar-refractivity contribution in [2.45, 2.75) is 13.1 Å². The van der Waals surface area contributed by atoms with E-state index in [1.165, 1.54) is 37.3 Å². The number of ether oxygens (including phenoxy) is 1. The minimum atomic E-state index is -4.74. The maximum absolute atomic E-state index is 12.8. The van der Waals surface area contributed by atoms with E-state index in [4.69, 9.17) is 9.26 Å². The monoisotopic (exact) mass is 435 g/mol. The molecule has 0 aliphatic rings. The van der Waals surface area contributed by atoms with Gasteiger partial charge in [-0.1, -0.05) is 23.4 Å². The van der Waals surface area contributed by atoms with Crippen molar-refractivity contribution in [3.05, 3.63) is 85.3 Å². The number of aromatic nitrogens is 1. The molecule has 0 saturated heterocycles. The molecule has 12 heteroatoms. The summed E-state index contributed by atoms with van der Waals surface area (Å²) in [6.07, 6.45) is -1.96. The van der Waals surface area contributed by atoms with Crippen molar-refractivity contribution >= 4 is 23.5 Å². The van der Waals surface area contributed by atoms with Gasteiger partial charge in [0.1, 0.15) is 5.75 Å². The van der Waals surface area contributed by atoms with Crippen LogP contribution in [0.3, 0.4) is 0 Å². The fourth-order valence-corrected chi connectivity index (χ4v) is 2.62. The second-order valence-corrected chi connectivity index (χ2v) is 6.18. The zero-order valence-electron chi connectivity index (χ0n) is 15.6. The van der Waals surface area contributed by atoms with Gasteiger partial charge in [0.05, 0.1) is 15.4 Å². The first kappa shape index (κ1) is 21.5. The van der Waals surface area contributed by atoms with Crippen LogP contribution in [-0.2, 0) is 6.18 Å². The Morgan fingerprint density at radius 1 is 1.06 bits per heavy atom. The number of aryl methyl sites for hydroxylation is 1. The van der Waals surface area contributed by atoms with Crippen LogP contribution >= 0.6 is 0 Å². The van der Waals surface area contributed by atoms with Crippen molar-refractivity contribution < 1.29 is 32.3 Å². The average Bonchev–Trinajstić information content (AvgIpc) is 3.06. The topological polar surface area (TPSA) is 122 Å². The Bertz CT molecular complexity index is 1190. The first-order valence-electron chi connectivity index (χ1n) is 8.48. The number of halogens is 3. The molecule has 9 nitrogen and oxygen atoms in total. The molecule has 0 radical (unpaired) electrons. The molecule has 3 rings (SSSR count). The number of rotatable bonds is 6. The molecule has 31 heavy (non-hydrogen) atoms. The Balaban J connectivity index is 1.88. The molecule has 0 unspecified atom stereocenters. The molecule has 0 N–H and O–H groups in total. The van der Waals surface area contributed by atoms with Gasteiger partial charge >= 0.3 is 17.6 Å².